The molecule has 2 aliphatic heterocycles. The topological polar surface area (TPSA) is 66.1 Å². The number of carbonyl (C=O) groups is 1. The highest BCUT2D eigenvalue weighted by Gasteiger charge is 2.53. The zero-order valence-electron chi connectivity index (χ0n) is 23.4. The summed E-state index contributed by atoms with van der Waals surface area (Å²) in [5, 5.41) is 5.82. The summed E-state index contributed by atoms with van der Waals surface area (Å²) in [5.41, 5.74) is 0.783. The van der Waals surface area contributed by atoms with Gasteiger partial charge in [0.1, 0.15) is 0 Å². The van der Waals surface area contributed by atoms with E-state index < -0.39 is 17.8 Å². The largest absolute Gasteiger partial charge is 0.493 e. The number of ether oxygens (including phenoxy) is 2. The van der Waals surface area contributed by atoms with Crippen LogP contribution in [0.1, 0.15) is 49.7 Å². The minimum Gasteiger partial charge on any atom is -0.493 e. The highest BCUT2D eigenvalue weighted by molar-refractivity contribution is 5.89. The molecule has 0 spiro atoms. The number of alkyl halides is 3. The molecule has 1 aliphatic carbocycles. The highest BCUT2D eigenvalue weighted by atomic mass is 19.4. The zero-order valence-corrected chi connectivity index (χ0v) is 23.4. The Morgan fingerprint density at radius 3 is 2.30 bits per heavy atom. The summed E-state index contributed by atoms with van der Waals surface area (Å²) in [6.45, 7) is 3.17. The Bertz CT molecular complexity index is 1180. The molecule has 2 N–H and O–H groups in total. The van der Waals surface area contributed by atoms with Gasteiger partial charge in [-0.05, 0) is 107 Å². The summed E-state index contributed by atoms with van der Waals surface area (Å²) in [6.07, 6.45) is 1.42. The van der Waals surface area contributed by atoms with E-state index in [1.54, 1.807) is 14.2 Å². The maximum absolute atomic E-state index is 12.9. The Hall–Kier alpha value is -2.98. The van der Waals surface area contributed by atoms with E-state index in [4.69, 9.17) is 9.47 Å². The Balaban J connectivity index is 1.34. The average molecular weight is 561 g/mol. The van der Waals surface area contributed by atoms with Crippen LogP contribution in [0.5, 0.6) is 11.5 Å². The molecule has 5 rings (SSSR count). The molecule has 10 heteroatoms. The molecule has 218 valence electrons. The second-order valence-corrected chi connectivity index (χ2v) is 11.4. The lowest BCUT2D eigenvalue weighted by Gasteiger charge is -2.48. The van der Waals surface area contributed by atoms with Crippen LogP contribution < -0.4 is 20.1 Å². The molecule has 1 saturated carbocycles. The van der Waals surface area contributed by atoms with E-state index in [9.17, 15) is 18.0 Å². The Kier molecular flexibility index (Phi) is 8.20. The van der Waals surface area contributed by atoms with E-state index in [0.29, 0.717) is 17.5 Å². The maximum atomic E-state index is 12.9. The van der Waals surface area contributed by atoms with Crippen LogP contribution in [0.15, 0.2) is 42.5 Å². The van der Waals surface area contributed by atoms with Crippen LogP contribution in [0, 0.1) is 0 Å². The first-order valence-electron chi connectivity index (χ1n) is 14.0. The molecular formula is C30H39F3N4O3. The lowest BCUT2D eigenvalue weighted by molar-refractivity contribution is -0.137. The molecule has 40 heavy (non-hydrogen) atoms. The van der Waals surface area contributed by atoms with Gasteiger partial charge >= 0.3 is 12.2 Å². The number of likely N-dealkylation sites (tertiary alicyclic amines) is 2. The van der Waals surface area contributed by atoms with Crippen LogP contribution >= 0.6 is 0 Å². The van der Waals surface area contributed by atoms with E-state index in [-0.39, 0.29) is 17.5 Å². The van der Waals surface area contributed by atoms with Crippen molar-refractivity contribution >= 4 is 11.7 Å². The van der Waals surface area contributed by atoms with Gasteiger partial charge in [0.25, 0.3) is 0 Å². The molecule has 0 bridgehead atoms. The fraction of sp³-hybridized carbons (Fsp3) is 0.567. The molecule has 7 nitrogen and oxygen atoms in total. The van der Waals surface area contributed by atoms with Gasteiger partial charge in [-0.1, -0.05) is 6.07 Å². The number of rotatable bonds is 6. The van der Waals surface area contributed by atoms with Crippen LogP contribution in [0.25, 0.3) is 0 Å². The van der Waals surface area contributed by atoms with Crippen molar-refractivity contribution in [3.63, 3.8) is 0 Å². The number of nitrogens with zero attached hydrogens (tertiary/aromatic N) is 2. The van der Waals surface area contributed by atoms with Gasteiger partial charge in [-0.15, -0.1) is 0 Å². The van der Waals surface area contributed by atoms with Gasteiger partial charge in [0.15, 0.2) is 11.5 Å². The van der Waals surface area contributed by atoms with Gasteiger partial charge in [0.05, 0.1) is 19.8 Å². The maximum Gasteiger partial charge on any atom is 0.416 e. The van der Waals surface area contributed by atoms with Gasteiger partial charge in [0.2, 0.25) is 0 Å². The first kappa shape index (κ1) is 28.5. The number of hydrogen-bond acceptors (Lipinski definition) is 5. The van der Waals surface area contributed by atoms with E-state index in [2.05, 4.69) is 39.6 Å². The molecule has 2 aromatic rings. The van der Waals surface area contributed by atoms with Gasteiger partial charge in [-0.3, -0.25) is 4.90 Å². The second kappa shape index (κ2) is 11.5. The molecule has 3 atom stereocenters. The third-order valence-electron chi connectivity index (χ3n) is 9.22. The van der Waals surface area contributed by atoms with E-state index in [0.717, 1.165) is 76.0 Å². The Labute approximate surface area is 234 Å². The zero-order chi connectivity index (χ0) is 28.5. The number of anilines is 1. The minimum atomic E-state index is -4.41. The first-order chi connectivity index (χ1) is 19.1. The minimum absolute atomic E-state index is 0.0421. The number of halogens is 3. The molecular weight excluding hydrogens is 521 g/mol. The molecule has 0 radical (unpaired) electrons. The lowest BCUT2D eigenvalue weighted by Crippen LogP contribution is -2.56. The molecule has 2 saturated heterocycles. The number of benzene rings is 2. The van der Waals surface area contributed by atoms with Crippen molar-refractivity contribution in [2.24, 2.45) is 0 Å². The Morgan fingerprint density at radius 2 is 1.65 bits per heavy atom. The first-order valence-corrected chi connectivity index (χ1v) is 14.0. The van der Waals surface area contributed by atoms with E-state index in [1.807, 2.05) is 6.07 Å². The molecule has 3 fully saturated rings. The van der Waals surface area contributed by atoms with Crippen LogP contribution in [0.4, 0.5) is 23.7 Å². The summed E-state index contributed by atoms with van der Waals surface area (Å²) in [6, 6.07) is 11.1. The standard InChI is InChI=1S/C30H39F3N4O3/c1-36-15-11-24(12-16-36)37-17-14-29(21-6-9-25(39-2)26(18-21)40-3)13-10-23(19-27(29)37)35-28(38)34-22-7-4-20(5-8-22)30(31,32)33/h4-9,18,23-24,27H,10-17,19H2,1-3H3,(H2,34,35,38)/t23-,27+,29-/m0/s1. The fourth-order valence-electron chi connectivity index (χ4n) is 7.06. The predicted molar refractivity (Wildman–Crippen MR) is 148 cm³/mol. The molecule has 0 unspecified atom stereocenters. The fourth-order valence-corrected chi connectivity index (χ4v) is 7.06. The van der Waals surface area contributed by atoms with Gasteiger partial charge in [-0.25, -0.2) is 4.79 Å². The van der Waals surface area contributed by atoms with Crippen molar-refractivity contribution in [1.29, 1.82) is 0 Å². The van der Waals surface area contributed by atoms with Crippen LogP contribution in [-0.2, 0) is 11.6 Å². The number of hydrogen-bond donors (Lipinski definition) is 2. The number of nitrogens with one attached hydrogen (secondary N) is 2. The van der Waals surface area contributed by atoms with Gasteiger partial charge in [0, 0.05) is 29.2 Å². The summed E-state index contributed by atoms with van der Waals surface area (Å²) in [4.78, 5) is 17.9. The average Bonchev–Trinajstić information content (AvgIpc) is 3.32. The van der Waals surface area contributed by atoms with Crippen molar-refractivity contribution in [3.8, 4) is 11.5 Å². The van der Waals surface area contributed by atoms with Crippen LogP contribution in [0.3, 0.4) is 0 Å². The summed E-state index contributed by atoms with van der Waals surface area (Å²) < 4.78 is 49.8. The summed E-state index contributed by atoms with van der Waals surface area (Å²) >= 11 is 0. The predicted octanol–water partition coefficient (Wildman–Crippen LogP) is 5.50. The van der Waals surface area contributed by atoms with Crippen LogP contribution in [-0.4, -0.2) is 74.9 Å². The number of fused-ring (bicyclic) bond motifs is 1. The smallest absolute Gasteiger partial charge is 0.416 e. The van der Waals surface area contributed by atoms with Crippen LogP contribution in [0.2, 0.25) is 0 Å². The number of amides is 2. The summed E-state index contributed by atoms with van der Waals surface area (Å²) in [5.74, 6) is 1.43. The van der Waals surface area contributed by atoms with Gasteiger partial charge < -0.3 is 25.0 Å². The number of urea groups is 1. The Morgan fingerprint density at radius 1 is 0.950 bits per heavy atom. The molecule has 2 amide bonds. The molecule has 2 aromatic carbocycles. The van der Waals surface area contributed by atoms with E-state index in [1.165, 1.54) is 17.7 Å². The number of carbonyl (C=O) groups excluding carboxylic acids is 1. The lowest BCUT2D eigenvalue weighted by atomic mass is 9.65. The van der Waals surface area contributed by atoms with Crippen molar-refractivity contribution in [2.45, 2.75) is 68.2 Å². The molecule has 0 aromatic heterocycles. The highest BCUT2D eigenvalue weighted by Crippen LogP contribution is 2.51. The van der Waals surface area contributed by atoms with Crippen molar-refractivity contribution in [1.82, 2.24) is 15.1 Å². The monoisotopic (exact) mass is 560 g/mol. The number of piperidine rings is 1. The van der Waals surface area contributed by atoms with Crippen molar-refractivity contribution < 1.29 is 27.4 Å². The number of methoxy groups -OCH3 is 2. The quantitative estimate of drug-likeness (QED) is 0.488. The third kappa shape index (κ3) is 5.74. The normalized spacial score (nSPS) is 26.2. The van der Waals surface area contributed by atoms with Crippen molar-refractivity contribution in [3.05, 3.63) is 53.6 Å². The molecule has 2 heterocycles. The third-order valence-corrected chi connectivity index (χ3v) is 9.22. The van der Waals surface area contributed by atoms with E-state index >= 15 is 0 Å². The second-order valence-electron chi connectivity index (χ2n) is 11.4. The molecule has 3 aliphatic rings. The van der Waals surface area contributed by atoms with Gasteiger partial charge in [-0.2, -0.15) is 13.2 Å². The van der Waals surface area contributed by atoms with Crippen molar-refractivity contribution in [2.75, 3.05) is 46.2 Å². The SMILES string of the molecule is COc1ccc([C@@]23CC[C@H](NC(=O)Nc4ccc(C(F)(F)F)cc4)C[C@H]2N(C2CCN(C)CC2)CC3)cc1OC. The summed E-state index contributed by atoms with van der Waals surface area (Å²) in [7, 11) is 5.47.